The molecular formula is C34H30N4O2. The number of nitrogens with zero attached hydrogens (tertiary/aromatic N) is 4. The molecule has 6 nitrogen and oxygen atoms in total. The highest BCUT2D eigenvalue weighted by Gasteiger charge is 2.20. The SMILES string of the molecule is CN(C)c1ccc(N(c2ccc(/C=C(\C#N)C(=O)O)cc2)c2ccc(N(C)C)c3ccccc23)c2ccccc12. The van der Waals surface area contributed by atoms with Crippen LogP contribution in [0.15, 0.2) is 103 Å². The van der Waals surface area contributed by atoms with Gasteiger partial charge in [0.2, 0.25) is 0 Å². The van der Waals surface area contributed by atoms with Gasteiger partial charge in [-0.05, 0) is 48.0 Å². The molecule has 0 radical (unpaired) electrons. The second kappa shape index (κ2) is 10.8. The summed E-state index contributed by atoms with van der Waals surface area (Å²) >= 11 is 0. The van der Waals surface area contributed by atoms with Crippen LogP contribution in [-0.4, -0.2) is 39.3 Å². The van der Waals surface area contributed by atoms with Crippen LogP contribution in [0.5, 0.6) is 0 Å². The number of aliphatic carboxylic acids is 1. The molecule has 0 saturated carbocycles. The molecule has 0 amide bonds. The van der Waals surface area contributed by atoms with E-state index >= 15 is 0 Å². The molecule has 5 rings (SSSR count). The molecule has 0 heterocycles. The average Bonchev–Trinajstić information content (AvgIpc) is 2.96. The van der Waals surface area contributed by atoms with E-state index in [-0.39, 0.29) is 5.57 Å². The number of carboxylic acids is 1. The van der Waals surface area contributed by atoms with E-state index in [1.165, 1.54) is 6.08 Å². The zero-order chi connectivity index (χ0) is 28.4. The molecule has 0 fully saturated rings. The summed E-state index contributed by atoms with van der Waals surface area (Å²) in [6.07, 6.45) is 1.39. The van der Waals surface area contributed by atoms with Gasteiger partial charge < -0.3 is 19.8 Å². The molecule has 0 bridgehead atoms. The van der Waals surface area contributed by atoms with Crippen LogP contribution < -0.4 is 14.7 Å². The van der Waals surface area contributed by atoms with Crippen LogP contribution in [0.3, 0.4) is 0 Å². The Balaban J connectivity index is 1.79. The second-order valence-electron chi connectivity index (χ2n) is 9.99. The molecule has 0 aliphatic carbocycles. The van der Waals surface area contributed by atoms with E-state index in [1.54, 1.807) is 6.07 Å². The molecule has 0 saturated heterocycles. The third-order valence-electron chi connectivity index (χ3n) is 7.01. The van der Waals surface area contributed by atoms with Crippen LogP contribution in [-0.2, 0) is 4.79 Å². The van der Waals surface area contributed by atoms with Crippen LogP contribution >= 0.6 is 0 Å². The topological polar surface area (TPSA) is 70.8 Å². The number of benzene rings is 5. The largest absolute Gasteiger partial charge is 0.477 e. The van der Waals surface area contributed by atoms with Gasteiger partial charge in [0, 0.05) is 66.8 Å². The lowest BCUT2D eigenvalue weighted by atomic mass is 10.0. The predicted octanol–water partition coefficient (Wildman–Crippen LogP) is 7.59. The normalized spacial score (nSPS) is 11.3. The van der Waals surface area contributed by atoms with E-state index in [1.807, 2.05) is 52.5 Å². The summed E-state index contributed by atoms with van der Waals surface area (Å²) in [6.45, 7) is 0. The molecule has 0 aliphatic rings. The molecule has 0 unspecified atom stereocenters. The maximum absolute atomic E-state index is 11.4. The number of hydrogen-bond acceptors (Lipinski definition) is 5. The molecule has 0 spiro atoms. The van der Waals surface area contributed by atoms with Crippen LogP contribution in [0.25, 0.3) is 27.6 Å². The molecule has 0 aliphatic heterocycles. The number of carboxylic acid groups (broad SMARTS) is 1. The Morgan fingerprint density at radius 2 is 1.05 bits per heavy atom. The molecule has 5 aromatic rings. The van der Waals surface area contributed by atoms with E-state index in [0.717, 1.165) is 50.0 Å². The van der Waals surface area contributed by atoms with Gasteiger partial charge in [0.05, 0.1) is 11.4 Å². The van der Waals surface area contributed by atoms with Crippen LogP contribution in [0.4, 0.5) is 28.4 Å². The Morgan fingerprint density at radius 1 is 0.650 bits per heavy atom. The maximum atomic E-state index is 11.4. The number of hydrogen-bond donors (Lipinski definition) is 1. The van der Waals surface area contributed by atoms with Crippen molar-refractivity contribution in [2.45, 2.75) is 0 Å². The minimum absolute atomic E-state index is 0.305. The summed E-state index contributed by atoms with van der Waals surface area (Å²) < 4.78 is 0. The highest BCUT2D eigenvalue weighted by Crippen LogP contribution is 2.45. The lowest BCUT2D eigenvalue weighted by molar-refractivity contribution is -0.132. The first kappa shape index (κ1) is 26.3. The van der Waals surface area contributed by atoms with Crippen molar-refractivity contribution in [2.24, 2.45) is 0 Å². The summed E-state index contributed by atoms with van der Waals surface area (Å²) in [5, 5.41) is 23.0. The third-order valence-corrected chi connectivity index (χ3v) is 7.01. The smallest absolute Gasteiger partial charge is 0.346 e. The van der Waals surface area contributed by atoms with E-state index in [4.69, 9.17) is 0 Å². The van der Waals surface area contributed by atoms with Crippen molar-refractivity contribution in [3.63, 3.8) is 0 Å². The predicted molar refractivity (Wildman–Crippen MR) is 166 cm³/mol. The van der Waals surface area contributed by atoms with Crippen LogP contribution in [0.1, 0.15) is 5.56 Å². The highest BCUT2D eigenvalue weighted by molar-refractivity contribution is 6.10. The molecule has 0 atom stereocenters. The van der Waals surface area contributed by atoms with Crippen molar-refractivity contribution < 1.29 is 9.90 Å². The third kappa shape index (κ3) is 4.81. The highest BCUT2D eigenvalue weighted by atomic mass is 16.4. The first-order chi connectivity index (χ1) is 19.3. The van der Waals surface area contributed by atoms with Crippen molar-refractivity contribution in [3.8, 4) is 6.07 Å². The summed E-state index contributed by atoms with van der Waals surface area (Å²) in [5.41, 5.74) is 5.56. The van der Waals surface area contributed by atoms with Gasteiger partial charge in [-0.2, -0.15) is 5.26 Å². The van der Waals surface area contributed by atoms with Gasteiger partial charge in [0.25, 0.3) is 0 Å². The van der Waals surface area contributed by atoms with Crippen molar-refractivity contribution in [1.82, 2.24) is 0 Å². The summed E-state index contributed by atoms with van der Waals surface area (Å²) in [5.74, 6) is -1.24. The number of rotatable bonds is 7. The minimum atomic E-state index is -1.24. The zero-order valence-electron chi connectivity index (χ0n) is 23.0. The Labute approximate surface area is 234 Å². The molecular weight excluding hydrogens is 496 g/mol. The fraction of sp³-hybridized carbons (Fsp3) is 0.118. The maximum Gasteiger partial charge on any atom is 0.346 e. The lowest BCUT2D eigenvalue weighted by Gasteiger charge is -2.30. The van der Waals surface area contributed by atoms with Gasteiger partial charge in [-0.25, -0.2) is 4.79 Å². The Kier molecular flexibility index (Phi) is 7.13. The van der Waals surface area contributed by atoms with Crippen molar-refractivity contribution in [2.75, 3.05) is 42.9 Å². The molecule has 5 aromatic carbocycles. The fourth-order valence-electron chi connectivity index (χ4n) is 5.14. The zero-order valence-corrected chi connectivity index (χ0v) is 23.0. The summed E-state index contributed by atoms with van der Waals surface area (Å²) in [7, 11) is 8.19. The van der Waals surface area contributed by atoms with E-state index in [9.17, 15) is 15.2 Å². The lowest BCUT2D eigenvalue weighted by Crippen LogP contribution is -2.14. The van der Waals surface area contributed by atoms with Gasteiger partial charge in [0.15, 0.2) is 0 Å². The van der Waals surface area contributed by atoms with Crippen molar-refractivity contribution in [1.29, 1.82) is 5.26 Å². The van der Waals surface area contributed by atoms with Gasteiger partial charge in [0.1, 0.15) is 11.6 Å². The second-order valence-corrected chi connectivity index (χ2v) is 9.99. The Morgan fingerprint density at radius 3 is 1.43 bits per heavy atom. The first-order valence-electron chi connectivity index (χ1n) is 12.9. The monoisotopic (exact) mass is 526 g/mol. The molecule has 0 aromatic heterocycles. The van der Waals surface area contributed by atoms with Gasteiger partial charge in [-0.3, -0.25) is 0 Å². The van der Waals surface area contributed by atoms with E-state index in [0.29, 0.717) is 5.56 Å². The number of fused-ring (bicyclic) bond motifs is 2. The Bertz CT molecular complexity index is 1710. The number of anilines is 5. The first-order valence-corrected chi connectivity index (χ1v) is 12.9. The van der Waals surface area contributed by atoms with Crippen LogP contribution in [0.2, 0.25) is 0 Å². The van der Waals surface area contributed by atoms with Gasteiger partial charge in [-0.15, -0.1) is 0 Å². The van der Waals surface area contributed by atoms with E-state index < -0.39 is 5.97 Å². The minimum Gasteiger partial charge on any atom is -0.477 e. The number of carbonyl (C=O) groups is 1. The average molecular weight is 527 g/mol. The number of nitriles is 1. The summed E-state index contributed by atoms with van der Waals surface area (Å²) in [6, 6.07) is 34.7. The molecule has 1 N–H and O–H groups in total. The molecule has 6 heteroatoms. The van der Waals surface area contributed by atoms with Crippen molar-refractivity contribution >= 4 is 62.0 Å². The summed E-state index contributed by atoms with van der Waals surface area (Å²) in [4.78, 5) is 17.9. The standard InChI is InChI=1S/C34H30N4O2/c1-36(2)30-17-19-32(28-11-7-5-9-26(28)30)38(25-15-13-23(14-16-25)21-24(22-35)34(39)40)33-20-18-31(37(3)4)27-10-6-8-12-29(27)33/h5-21H,1-4H3,(H,39,40)/b24-21+. The fourth-order valence-corrected chi connectivity index (χ4v) is 5.14. The molecule has 198 valence electrons. The Hall–Kier alpha value is -5.28. The van der Waals surface area contributed by atoms with Gasteiger partial charge >= 0.3 is 5.97 Å². The van der Waals surface area contributed by atoms with Crippen molar-refractivity contribution in [3.05, 3.63) is 108 Å². The van der Waals surface area contributed by atoms with Crippen LogP contribution in [0, 0.1) is 11.3 Å². The quantitative estimate of drug-likeness (QED) is 0.174. The van der Waals surface area contributed by atoms with E-state index in [2.05, 4.69) is 87.5 Å². The van der Waals surface area contributed by atoms with Gasteiger partial charge in [-0.1, -0.05) is 60.7 Å². The molecule has 40 heavy (non-hydrogen) atoms.